The van der Waals surface area contributed by atoms with Crippen LogP contribution in [0.3, 0.4) is 0 Å². The molecule has 8 aromatic rings. The molecule has 0 aliphatic carbocycles. The molecule has 12 rings (SSSR count). The molecule has 3 N–H and O–H groups in total. The molecule has 498 valence electrons. The Morgan fingerprint density at radius 3 is 0.989 bits per heavy atom. The molecular weight excluding hydrogens is 1230 g/mol. The van der Waals surface area contributed by atoms with Crippen LogP contribution in [0, 0.1) is 0 Å². The maximum Gasteiger partial charge on any atom is 0.361 e. The van der Waals surface area contributed by atoms with Crippen LogP contribution < -0.4 is 34.3 Å². The van der Waals surface area contributed by atoms with Gasteiger partial charge in [-0.25, -0.2) is 0 Å². The maximum absolute atomic E-state index is 14.1. The highest BCUT2D eigenvalue weighted by Gasteiger charge is 2.31. The lowest BCUT2D eigenvalue weighted by atomic mass is 9.78. The summed E-state index contributed by atoms with van der Waals surface area (Å²) in [6.07, 6.45) is 2.42. The summed E-state index contributed by atoms with van der Waals surface area (Å²) in [6.45, 7) is 18.9. The van der Waals surface area contributed by atoms with Gasteiger partial charge in [0.05, 0.1) is 50.3 Å². The molecule has 4 aliphatic heterocycles. The Hall–Kier alpha value is -7.14. The zero-order valence-electron chi connectivity index (χ0n) is 54.5. The molecular formula is C76H88O16P2. The first kappa shape index (κ1) is 69.7. The van der Waals surface area contributed by atoms with Crippen molar-refractivity contribution in [2.24, 2.45) is 0 Å². The third-order valence-electron chi connectivity index (χ3n) is 17.1. The van der Waals surface area contributed by atoms with E-state index >= 15 is 0 Å². The van der Waals surface area contributed by atoms with Gasteiger partial charge in [-0.2, -0.15) is 0 Å². The van der Waals surface area contributed by atoms with Crippen LogP contribution in [-0.2, 0) is 59.8 Å². The van der Waals surface area contributed by atoms with E-state index in [4.69, 9.17) is 61.5 Å². The molecule has 0 saturated carbocycles. The van der Waals surface area contributed by atoms with Gasteiger partial charge in [0.15, 0.2) is 0 Å². The Balaban J connectivity index is 0.000000223. The topological polar surface area (TPSA) is 210 Å². The fourth-order valence-electron chi connectivity index (χ4n) is 10.3. The summed E-state index contributed by atoms with van der Waals surface area (Å²) in [5, 5.41) is 11.3. The first-order chi connectivity index (χ1) is 45.2. The number of ether oxygens (including phenoxy) is 9. The van der Waals surface area contributed by atoms with E-state index in [9.17, 15) is 14.2 Å². The summed E-state index contributed by atoms with van der Waals surface area (Å²) in [6, 6.07) is 66.4. The summed E-state index contributed by atoms with van der Waals surface area (Å²) < 4.78 is 86.2. The number of aliphatic hydroxyl groups excluding tert-OH is 1. The number of aryl methyl sites for hydroxylation is 1. The summed E-state index contributed by atoms with van der Waals surface area (Å²) in [5.74, 6) is 4.09. The van der Waals surface area contributed by atoms with Gasteiger partial charge in [0, 0.05) is 16.2 Å². The molecule has 0 aromatic heterocycles. The monoisotopic (exact) mass is 1320 g/mol. The number of epoxide rings is 4. The van der Waals surface area contributed by atoms with E-state index in [1.165, 1.54) is 39.9 Å². The van der Waals surface area contributed by atoms with Crippen LogP contribution in [0.15, 0.2) is 206 Å². The number of hydrogen-bond donors (Lipinski definition) is 3. The Bertz CT molecular complexity index is 3620. The SMILES string of the molecule is CC(C)(c1ccc(CCCCOP(=O)(OCC(O)COc2ccc(C(C)(C)c3ccc(OCC4CO4)cc3)cc2)c2ccccc2)cc1)c1ccc(OCC2CO2)cc1.CC(C)(c1ccc(OCC2CO2)cc1)c1ccc(OCC2CO2)cc1.O=P(O)(O)c1ccccc1. The Labute approximate surface area is 553 Å². The van der Waals surface area contributed by atoms with Crippen LogP contribution in [0.2, 0.25) is 0 Å². The zero-order chi connectivity index (χ0) is 66.2. The molecule has 6 unspecified atom stereocenters. The minimum Gasteiger partial charge on any atom is -0.491 e. The molecule has 0 spiro atoms. The summed E-state index contributed by atoms with van der Waals surface area (Å²) in [5.41, 5.74) is 7.98. The molecule has 4 heterocycles. The Morgan fingerprint density at radius 2 is 0.691 bits per heavy atom. The third kappa shape index (κ3) is 20.9. The number of benzene rings is 8. The van der Waals surface area contributed by atoms with Crippen LogP contribution in [0.25, 0.3) is 0 Å². The zero-order valence-corrected chi connectivity index (χ0v) is 56.2. The molecule has 4 saturated heterocycles. The highest BCUT2D eigenvalue weighted by Crippen LogP contribution is 2.47. The van der Waals surface area contributed by atoms with Gasteiger partial charge >= 0.3 is 15.2 Å². The van der Waals surface area contributed by atoms with Crippen LogP contribution in [-0.4, -0.2) is 118 Å². The van der Waals surface area contributed by atoms with Crippen molar-refractivity contribution in [1.29, 1.82) is 0 Å². The van der Waals surface area contributed by atoms with Crippen LogP contribution in [0.5, 0.6) is 28.7 Å². The van der Waals surface area contributed by atoms with Gasteiger partial charge in [0.2, 0.25) is 0 Å². The molecule has 94 heavy (non-hydrogen) atoms. The van der Waals surface area contributed by atoms with Crippen molar-refractivity contribution >= 4 is 25.8 Å². The standard InChI is InChI=1S/C49H57O9P.C21H24O4.C6H7O3P/c1-48(2,38-19-25-43(26-20-38)53-32-45-34-55-45)37-15-13-36(14-16-37)10-8-9-29-57-59(51,47-11-6-5-7-12-47)58-31-41(50)30-52-42-23-17-39(18-24-42)49(3,4)40-21-27-44(28-22-40)54-33-46-35-56-46;1-21(2,15-3-7-17(8-4-15)22-11-19-13-24-19)16-5-9-18(10-6-16)23-12-20-14-25-20;7-10(8,9)6-4-2-1-3-5-6/h5-7,11-28,41,45-46,50H,8-10,29-35H2,1-4H3;3-10,19-20H,11-14H2,1-2H3;1-5H,(H2,7,8,9). The average Bonchev–Trinajstić information content (AvgIpc) is 1.43. The predicted molar refractivity (Wildman–Crippen MR) is 364 cm³/mol. The van der Waals surface area contributed by atoms with Crippen LogP contribution in [0.1, 0.15) is 93.3 Å². The quantitative estimate of drug-likeness (QED) is 0.0203. The lowest BCUT2D eigenvalue weighted by molar-refractivity contribution is 0.0559. The number of unbranched alkanes of at least 4 members (excludes halogenated alkanes) is 1. The summed E-state index contributed by atoms with van der Waals surface area (Å²) in [4.78, 5) is 17.2. The minimum absolute atomic E-state index is 0.0291. The van der Waals surface area contributed by atoms with Crippen molar-refractivity contribution in [2.75, 3.05) is 72.7 Å². The van der Waals surface area contributed by atoms with Crippen molar-refractivity contribution in [1.82, 2.24) is 0 Å². The van der Waals surface area contributed by atoms with E-state index in [-0.39, 0.29) is 65.8 Å². The number of aliphatic hydroxyl groups is 1. The second-order valence-corrected chi connectivity index (χ2v) is 29.2. The molecule has 4 aliphatic rings. The highest BCUT2D eigenvalue weighted by molar-refractivity contribution is 7.62. The minimum atomic E-state index is -4.02. The Kier molecular flexibility index (Phi) is 23.8. The highest BCUT2D eigenvalue weighted by atomic mass is 31.2. The molecule has 16 nitrogen and oxygen atoms in total. The van der Waals surface area contributed by atoms with E-state index in [0.717, 1.165) is 73.4 Å². The second kappa shape index (κ2) is 32.1. The van der Waals surface area contributed by atoms with Crippen molar-refractivity contribution in [3.05, 3.63) is 245 Å². The number of rotatable bonds is 32. The molecule has 0 bridgehead atoms. The molecule has 18 heteroatoms. The van der Waals surface area contributed by atoms with E-state index < -0.39 is 21.3 Å². The van der Waals surface area contributed by atoms with Gasteiger partial charge in [0.25, 0.3) is 0 Å². The van der Waals surface area contributed by atoms with E-state index in [1.54, 1.807) is 42.5 Å². The van der Waals surface area contributed by atoms with Gasteiger partial charge in [-0.15, -0.1) is 0 Å². The largest absolute Gasteiger partial charge is 0.491 e. The van der Waals surface area contributed by atoms with Gasteiger partial charge in [-0.3, -0.25) is 9.13 Å². The summed E-state index contributed by atoms with van der Waals surface area (Å²) >= 11 is 0. The van der Waals surface area contributed by atoms with E-state index in [1.807, 2.05) is 78.9 Å². The smallest absolute Gasteiger partial charge is 0.361 e. The second-order valence-electron chi connectivity index (χ2n) is 25.5. The lowest BCUT2D eigenvalue weighted by Crippen LogP contribution is -2.25. The van der Waals surface area contributed by atoms with Gasteiger partial charge < -0.3 is 66.6 Å². The van der Waals surface area contributed by atoms with Crippen molar-refractivity contribution < 1.29 is 75.7 Å². The lowest BCUT2D eigenvalue weighted by Gasteiger charge is -2.26. The summed E-state index contributed by atoms with van der Waals surface area (Å²) in [7, 11) is -7.72. The molecule has 4 fully saturated rings. The third-order valence-corrected chi connectivity index (χ3v) is 20.0. The molecule has 8 aromatic carbocycles. The van der Waals surface area contributed by atoms with Crippen molar-refractivity contribution in [3.8, 4) is 28.7 Å². The van der Waals surface area contributed by atoms with Gasteiger partial charge in [-0.1, -0.05) is 163 Å². The molecule has 6 atom stereocenters. The fourth-order valence-corrected chi connectivity index (χ4v) is 12.5. The first-order valence-corrected chi connectivity index (χ1v) is 35.3. The number of hydrogen-bond acceptors (Lipinski definition) is 14. The van der Waals surface area contributed by atoms with Crippen molar-refractivity contribution in [3.63, 3.8) is 0 Å². The maximum atomic E-state index is 14.1. The van der Waals surface area contributed by atoms with Gasteiger partial charge in [-0.05, 0) is 143 Å². The predicted octanol–water partition coefficient (Wildman–Crippen LogP) is 13.3. The first-order valence-electron chi connectivity index (χ1n) is 32.2. The Morgan fingerprint density at radius 1 is 0.394 bits per heavy atom. The molecule has 0 amide bonds. The average molecular weight is 1320 g/mol. The normalized spacial score (nSPS) is 18.1. The fraction of sp³-hybridized carbons (Fsp3) is 0.368. The van der Waals surface area contributed by atoms with E-state index in [2.05, 4.69) is 114 Å². The molecule has 0 radical (unpaired) electrons. The van der Waals surface area contributed by atoms with E-state index in [0.29, 0.717) is 43.9 Å². The van der Waals surface area contributed by atoms with Crippen molar-refractivity contribution in [2.45, 2.75) is 108 Å². The van der Waals surface area contributed by atoms with Crippen LogP contribution in [0.4, 0.5) is 0 Å². The van der Waals surface area contributed by atoms with Gasteiger partial charge in [0.1, 0.15) is 92.3 Å². The van der Waals surface area contributed by atoms with Crippen LogP contribution >= 0.6 is 15.2 Å².